The standard InChI is InChI=1S/C16H15N3O2S/c1-10-5-6-11(2)12(8-10)18-14(20)9-22-16-19-15-13(21-16)4-3-7-17-15/h3-8H,9H2,1-2H3,(H,18,20). The maximum atomic E-state index is 12.0. The van der Waals surface area contributed by atoms with Gasteiger partial charge in [0.05, 0.1) is 5.75 Å². The van der Waals surface area contributed by atoms with Gasteiger partial charge in [-0.2, -0.15) is 4.98 Å². The number of anilines is 1. The van der Waals surface area contributed by atoms with E-state index in [1.54, 1.807) is 18.3 Å². The van der Waals surface area contributed by atoms with Crippen LogP contribution in [0.4, 0.5) is 5.69 Å². The van der Waals surface area contributed by atoms with Gasteiger partial charge >= 0.3 is 0 Å². The zero-order valence-electron chi connectivity index (χ0n) is 12.3. The van der Waals surface area contributed by atoms with Crippen LogP contribution in [0, 0.1) is 13.8 Å². The Hall–Kier alpha value is -2.34. The largest absolute Gasteiger partial charge is 0.430 e. The van der Waals surface area contributed by atoms with Crippen molar-refractivity contribution in [2.24, 2.45) is 0 Å². The molecular weight excluding hydrogens is 298 g/mol. The van der Waals surface area contributed by atoms with Crippen LogP contribution in [0.2, 0.25) is 0 Å². The molecule has 0 aliphatic rings. The van der Waals surface area contributed by atoms with E-state index < -0.39 is 0 Å². The fourth-order valence-corrected chi connectivity index (χ4v) is 2.62. The molecule has 0 aliphatic carbocycles. The van der Waals surface area contributed by atoms with E-state index in [4.69, 9.17) is 4.42 Å². The number of pyridine rings is 1. The Morgan fingerprint density at radius 3 is 3.00 bits per heavy atom. The molecule has 1 N–H and O–H groups in total. The zero-order chi connectivity index (χ0) is 15.5. The highest BCUT2D eigenvalue weighted by Gasteiger charge is 2.10. The number of nitrogens with one attached hydrogen (secondary N) is 1. The van der Waals surface area contributed by atoms with Crippen LogP contribution >= 0.6 is 11.8 Å². The van der Waals surface area contributed by atoms with Crippen LogP contribution in [0.25, 0.3) is 11.2 Å². The second-order valence-corrected chi connectivity index (χ2v) is 5.89. The summed E-state index contributed by atoms with van der Waals surface area (Å²) in [6.45, 7) is 3.96. The number of amides is 1. The summed E-state index contributed by atoms with van der Waals surface area (Å²) in [6, 6.07) is 9.56. The number of rotatable bonds is 4. The first-order chi connectivity index (χ1) is 10.6. The van der Waals surface area contributed by atoms with Crippen molar-refractivity contribution in [3.63, 3.8) is 0 Å². The molecule has 0 spiro atoms. The van der Waals surface area contributed by atoms with Crippen molar-refractivity contribution in [2.45, 2.75) is 19.1 Å². The van der Waals surface area contributed by atoms with Crippen molar-refractivity contribution >= 4 is 34.6 Å². The molecule has 6 heteroatoms. The number of benzene rings is 1. The van der Waals surface area contributed by atoms with Gasteiger partial charge in [-0.1, -0.05) is 23.9 Å². The quantitative estimate of drug-likeness (QED) is 0.746. The fraction of sp³-hybridized carbons (Fsp3) is 0.188. The molecule has 2 heterocycles. The van der Waals surface area contributed by atoms with Gasteiger partial charge in [0, 0.05) is 11.9 Å². The average molecular weight is 313 g/mol. The highest BCUT2D eigenvalue weighted by Crippen LogP contribution is 2.22. The van der Waals surface area contributed by atoms with Crippen molar-refractivity contribution in [3.05, 3.63) is 47.7 Å². The predicted octanol–water partition coefficient (Wildman–Crippen LogP) is 3.57. The molecule has 1 amide bonds. The molecule has 112 valence electrons. The van der Waals surface area contributed by atoms with E-state index in [1.165, 1.54) is 11.8 Å². The van der Waals surface area contributed by atoms with E-state index in [0.29, 0.717) is 16.5 Å². The maximum Gasteiger partial charge on any atom is 0.258 e. The monoisotopic (exact) mass is 313 g/mol. The number of carbonyl (C=O) groups excluding carboxylic acids is 1. The van der Waals surface area contributed by atoms with E-state index >= 15 is 0 Å². The van der Waals surface area contributed by atoms with E-state index in [0.717, 1.165) is 16.8 Å². The van der Waals surface area contributed by atoms with Crippen molar-refractivity contribution in [3.8, 4) is 0 Å². The summed E-state index contributed by atoms with van der Waals surface area (Å²) in [4.78, 5) is 20.4. The van der Waals surface area contributed by atoms with Gasteiger partial charge in [-0.05, 0) is 43.2 Å². The van der Waals surface area contributed by atoms with Crippen LogP contribution in [-0.2, 0) is 4.79 Å². The summed E-state index contributed by atoms with van der Waals surface area (Å²) >= 11 is 1.25. The Morgan fingerprint density at radius 2 is 2.18 bits per heavy atom. The summed E-state index contributed by atoms with van der Waals surface area (Å²) in [5, 5.41) is 3.36. The van der Waals surface area contributed by atoms with E-state index in [1.807, 2.05) is 32.0 Å². The van der Waals surface area contributed by atoms with Gasteiger partial charge in [-0.25, -0.2) is 4.98 Å². The summed E-state index contributed by atoms with van der Waals surface area (Å²) in [7, 11) is 0. The van der Waals surface area contributed by atoms with Gasteiger partial charge in [0.15, 0.2) is 11.2 Å². The normalized spacial score (nSPS) is 10.8. The SMILES string of the molecule is Cc1ccc(C)c(NC(=O)CSc2nc3ncccc3o2)c1. The Balaban J connectivity index is 1.63. The molecule has 0 bridgehead atoms. The molecule has 22 heavy (non-hydrogen) atoms. The van der Waals surface area contributed by atoms with E-state index in [2.05, 4.69) is 15.3 Å². The number of carbonyl (C=O) groups is 1. The number of oxazole rings is 1. The molecule has 3 rings (SSSR count). The summed E-state index contributed by atoms with van der Waals surface area (Å²) in [6.07, 6.45) is 1.66. The lowest BCUT2D eigenvalue weighted by Gasteiger charge is -2.08. The van der Waals surface area contributed by atoms with Gasteiger partial charge in [0.1, 0.15) is 0 Å². The Bertz CT molecular complexity index is 796. The topological polar surface area (TPSA) is 68.0 Å². The minimum absolute atomic E-state index is 0.0890. The third kappa shape index (κ3) is 3.28. The molecular formula is C16H15N3O2S. The van der Waals surface area contributed by atoms with Crippen molar-refractivity contribution in [2.75, 3.05) is 11.1 Å². The third-order valence-electron chi connectivity index (χ3n) is 3.14. The molecule has 0 saturated heterocycles. The first-order valence-corrected chi connectivity index (χ1v) is 7.82. The first kappa shape index (κ1) is 14.6. The minimum Gasteiger partial charge on any atom is -0.430 e. The summed E-state index contributed by atoms with van der Waals surface area (Å²) in [5.41, 5.74) is 4.17. The molecule has 2 aromatic heterocycles. The molecule has 0 atom stereocenters. The number of hydrogen-bond acceptors (Lipinski definition) is 5. The predicted molar refractivity (Wildman–Crippen MR) is 87.1 cm³/mol. The van der Waals surface area contributed by atoms with Crippen LogP contribution < -0.4 is 5.32 Å². The minimum atomic E-state index is -0.0890. The zero-order valence-corrected chi connectivity index (χ0v) is 13.1. The number of hydrogen-bond donors (Lipinski definition) is 1. The Kier molecular flexibility index (Phi) is 4.11. The van der Waals surface area contributed by atoms with Gasteiger partial charge in [0.25, 0.3) is 5.22 Å². The molecule has 3 aromatic rings. The second-order valence-electron chi connectivity index (χ2n) is 4.96. The third-order valence-corrected chi connectivity index (χ3v) is 3.97. The highest BCUT2D eigenvalue weighted by molar-refractivity contribution is 7.99. The fourth-order valence-electron chi connectivity index (χ4n) is 2.00. The maximum absolute atomic E-state index is 12.0. The van der Waals surface area contributed by atoms with Crippen LogP contribution in [0.3, 0.4) is 0 Å². The number of thioether (sulfide) groups is 1. The van der Waals surface area contributed by atoms with Gasteiger partial charge in [-0.15, -0.1) is 0 Å². The van der Waals surface area contributed by atoms with Gasteiger partial charge < -0.3 is 9.73 Å². The number of fused-ring (bicyclic) bond motifs is 1. The van der Waals surface area contributed by atoms with E-state index in [9.17, 15) is 4.79 Å². The van der Waals surface area contributed by atoms with Crippen LogP contribution in [0.15, 0.2) is 46.2 Å². The lowest BCUT2D eigenvalue weighted by molar-refractivity contribution is -0.113. The molecule has 1 aromatic carbocycles. The Morgan fingerprint density at radius 1 is 1.32 bits per heavy atom. The lowest BCUT2D eigenvalue weighted by Crippen LogP contribution is -2.14. The van der Waals surface area contributed by atoms with Crippen LogP contribution in [-0.4, -0.2) is 21.6 Å². The average Bonchev–Trinajstić information content (AvgIpc) is 2.92. The van der Waals surface area contributed by atoms with E-state index in [-0.39, 0.29) is 11.7 Å². The first-order valence-electron chi connectivity index (χ1n) is 6.83. The number of nitrogens with zero attached hydrogens (tertiary/aromatic N) is 2. The molecule has 0 fully saturated rings. The molecule has 0 unspecified atom stereocenters. The highest BCUT2D eigenvalue weighted by atomic mass is 32.2. The molecule has 0 aliphatic heterocycles. The Labute approximate surface area is 132 Å². The van der Waals surface area contributed by atoms with Crippen LogP contribution in [0.1, 0.15) is 11.1 Å². The molecule has 0 saturated carbocycles. The lowest BCUT2D eigenvalue weighted by atomic mass is 10.1. The van der Waals surface area contributed by atoms with Crippen molar-refractivity contribution in [1.29, 1.82) is 0 Å². The molecule has 0 radical (unpaired) electrons. The summed E-state index contributed by atoms with van der Waals surface area (Å²) in [5.74, 6) is 0.147. The summed E-state index contributed by atoms with van der Waals surface area (Å²) < 4.78 is 5.52. The van der Waals surface area contributed by atoms with Crippen molar-refractivity contribution in [1.82, 2.24) is 9.97 Å². The van der Waals surface area contributed by atoms with Gasteiger partial charge in [-0.3, -0.25) is 4.79 Å². The van der Waals surface area contributed by atoms with Gasteiger partial charge in [0.2, 0.25) is 5.91 Å². The smallest absolute Gasteiger partial charge is 0.258 e. The van der Waals surface area contributed by atoms with Crippen LogP contribution in [0.5, 0.6) is 0 Å². The second kappa shape index (κ2) is 6.19. The molecule has 5 nitrogen and oxygen atoms in total. The number of aryl methyl sites for hydroxylation is 2. The van der Waals surface area contributed by atoms with Crippen molar-refractivity contribution < 1.29 is 9.21 Å². The number of aromatic nitrogens is 2.